The van der Waals surface area contributed by atoms with Crippen LogP contribution in [0, 0.1) is 12.3 Å². The minimum Gasteiger partial charge on any atom is -0.490 e. The Hall–Kier alpha value is -2.38. The number of carbonyl (C=O) groups excluding carboxylic acids is 1. The Morgan fingerprint density at radius 1 is 1.11 bits per heavy atom. The van der Waals surface area contributed by atoms with Crippen LogP contribution in [0.3, 0.4) is 0 Å². The largest absolute Gasteiger partial charge is 0.490 e. The molecule has 1 aromatic heterocycles. The van der Waals surface area contributed by atoms with Crippen LogP contribution in [0.4, 0.5) is 0 Å². The number of carbonyl (C=O) groups is 1. The SMILES string of the molecule is Cc1cc(=O)oc2cc(OCCOC(=O)C3(C)COC(C)(C)OC3)ccc12. The lowest BCUT2D eigenvalue weighted by atomic mass is 9.92. The molecule has 1 saturated heterocycles. The summed E-state index contributed by atoms with van der Waals surface area (Å²) < 4.78 is 27.2. The molecule has 0 amide bonds. The Labute approximate surface area is 157 Å². The normalized spacial score (nSPS) is 18.2. The van der Waals surface area contributed by atoms with Gasteiger partial charge in [-0.1, -0.05) is 0 Å². The van der Waals surface area contributed by atoms with Gasteiger partial charge in [0, 0.05) is 17.5 Å². The monoisotopic (exact) mass is 376 g/mol. The third-order valence-electron chi connectivity index (χ3n) is 4.48. The van der Waals surface area contributed by atoms with E-state index in [1.165, 1.54) is 6.07 Å². The van der Waals surface area contributed by atoms with Crippen LogP contribution in [0.25, 0.3) is 11.0 Å². The molecule has 146 valence electrons. The van der Waals surface area contributed by atoms with Crippen LogP contribution in [0.5, 0.6) is 5.75 Å². The highest BCUT2D eigenvalue weighted by molar-refractivity contribution is 5.81. The molecule has 1 aliphatic rings. The van der Waals surface area contributed by atoms with E-state index in [2.05, 4.69) is 0 Å². The number of hydrogen-bond acceptors (Lipinski definition) is 7. The summed E-state index contributed by atoms with van der Waals surface area (Å²) in [5.41, 5.74) is 0.0648. The number of fused-ring (bicyclic) bond motifs is 1. The first-order valence-electron chi connectivity index (χ1n) is 8.81. The Bertz CT molecular complexity index is 887. The summed E-state index contributed by atoms with van der Waals surface area (Å²) in [5, 5.41) is 0.849. The molecular weight excluding hydrogens is 352 g/mol. The van der Waals surface area contributed by atoms with Gasteiger partial charge in [0.1, 0.15) is 30.0 Å². The molecule has 2 heterocycles. The predicted octanol–water partition coefficient (Wildman–Crippen LogP) is 2.81. The Kier molecular flexibility index (Phi) is 5.26. The molecule has 0 atom stereocenters. The maximum Gasteiger partial charge on any atom is 0.336 e. The van der Waals surface area contributed by atoms with Gasteiger partial charge in [0.2, 0.25) is 0 Å². The van der Waals surface area contributed by atoms with Gasteiger partial charge in [-0.2, -0.15) is 0 Å². The van der Waals surface area contributed by atoms with E-state index in [0.29, 0.717) is 11.3 Å². The summed E-state index contributed by atoms with van der Waals surface area (Å²) >= 11 is 0. The average Bonchev–Trinajstić information content (AvgIpc) is 2.61. The van der Waals surface area contributed by atoms with Gasteiger partial charge in [0.05, 0.1) is 13.2 Å². The van der Waals surface area contributed by atoms with Crippen LogP contribution in [0.2, 0.25) is 0 Å². The molecule has 27 heavy (non-hydrogen) atoms. The fraction of sp³-hybridized carbons (Fsp3) is 0.500. The van der Waals surface area contributed by atoms with Crippen LogP contribution >= 0.6 is 0 Å². The van der Waals surface area contributed by atoms with Gasteiger partial charge in [0.15, 0.2) is 5.79 Å². The smallest absolute Gasteiger partial charge is 0.336 e. The van der Waals surface area contributed by atoms with Gasteiger partial charge in [-0.25, -0.2) is 4.79 Å². The van der Waals surface area contributed by atoms with E-state index in [-0.39, 0.29) is 32.4 Å². The van der Waals surface area contributed by atoms with Crippen molar-refractivity contribution in [1.82, 2.24) is 0 Å². The number of hydrogen-bond donors (Lipinski definition) is 0. The lowest BCUT2D eigenvalue weighted by Crippen LogP contribution is -2.49. The highest BCUT2D eigenvalue weighted by atomic mass is 16.7. The molecule has 0 radical (unpaired) electrons. The molecule has 0 N–H and O–H groups in total. The maximum atomic E-state index is 12.3. The lowest BCUT2D eigenvalue weighted by Gasteiger charge is -2.39. The first-order valence-corrected chi connectivity index (χ1v) is 8.81. The number of aryl methyl sites for hydroxylation is 1. The number of benzene rings is 1. The van der Waals surface area contributed by atoms with Crippen molar-refractivity contribution in [3.63, 3.8) is 0 Å². The molecule has 0 saturated carbocycles. The molecule has 0 aliphatic carbocycles. The zero-order valence-corrected chi connectivity index (χ0v) is 16.0. The second kappa shape index (κ2) is 7.32. The van der Waals surface area contributed by atoms with Crippen molar-refractivity contribution in [2.24, 2.45) is 5.41 Å². The van der Waals surface area contributed by atoms with E-state index >= 15 is 0 Å². The zero-order valence-electron chi connectivity index (χ0n) is 16.0. The van der Waals surface area contributed by atoms with Crippen molar-refractivity contribution in [2.75, 3.05) is 26.4 Å². The Morgan fingerprint density at radius 3 is 2.52 bits per heavy atom. The van der Waals surface area contributed by atoms with Gasteiger partial charge in [0.25, 0.3) is 0 Å². The van der Waals surface area contributed by atoms with Crippen LogP contribution in [-0.2, 0) is 19.0 Å². The molecule has 0 spiro atoms. The highest BCUT2D eigenvalue weighted by Gasteiger charge is 2.43. The van der Waals surface area contributed by atoms with Crippen LogP contribution < -0.4 is 10.4 Å². The summed E-state index contributed by atoms with van der Waals surface area (Å²) in [6.07, 6.45) is 0. The molecular formula is C20H24O7. The van der Waals surface area contributed by atoms with Gasteiger partial charge in [-0.05, 0) is 45.4 Å². The van der Waals surface area contributed by atoms with Crippen molar-refractivity contribution in [2.45, 2.75) is 33.5 Å². The molecule has 0 unspecified atom stereocenters. The average molecular weight is 376 g/mol. The van der Waals surface area contributed by atoms with Crippen LogP contribution in [-0.4, -0.2) is 38.2 Å². The minimum atomic E-state index is -0.834. The summed E-state index contributed by atoms with van der Waals surface area (Å²) in [6.45, 7) is 7.95. The number of rotatable bonds is 5. The van der Waals surface area contributed by atoms with E-state index in [9.17, 15) is 9.59 Å². The molecule has 7 heteroatoms. The van der Waals surface area contributed by atoms with Crippen molar-refractivity contribution in [3.05, 3.63) is 40.2 Å². The van der Waals surface area contributed by atoms with E-state index in [0.717, 1.165) is 10.9 Å². The van der Waals surface area contributed by atoms with Gasteiger partial charge in [-0.15, -0.1) is 0 Å². The minimum absolute atomic E-state index is 0.0909. The second-order valence-electron chi connectivity index (χ2n) is 7.43. The van der Waals surface area contributed by atoms with Crippen molar-refractivity contribution in [3.8, 4) is 5.75 Å². The highest BCUT2D eigenvalue weighted by Crippen LogP contribution is 2.30. The second-order valence-corrected chi connectivity index (χ2v) is 7.43. The van der Waals surface area contributed by atoms with E-state index in [1.54, 1.807) is 32.9 Å². The third-order valence-corrected chi connectivity index (χ3v) is 4.48. The van der Waals surface area contributed by atoms with Crippen molar-refractivity contribution < 1.29 is 28.2 Å². The van der Waals surface area contributed by atoms with E-state index in [1.807, 2.05) is 13.0 Å². The van der Waals surface area contributed by atoms with Gasteiger partial charge < -0.3 is 23.4 Å². The van der Waals surface area contributed by atoms with Crippen molar-refractivity contribution in [1.29, 1.82) is 0 Å². The molecule has 1 aromatic carbocycles. The fourth-order valence-corrected chi connectivity index (χ4v) is 2.73. The van der Waals surface area contributed by atoms with Crippen LogP contribution in [0.1, 0.15) is 26.3 Å². The zero-order chi connectivity index (χ0) is 19.7. The molecule has 7 nitrogen and oxygen atoms in total. The summed E-state index contributed by atoms with van der Waals surface area (Å²) in [4.78, 5) is 23.8. The Balaban J connectivity index is 1.52. The van der Waals surface area contributed by atoms with E-state index in [4.69, 9.17) is 23.4 Å². The Morgan fingerprint density at radius 2 is 1.81 bits per heavy atom. The predicted molar refractivity (Wildman–Crippen MR) is 97.8 cm³/mol. The fourth-order valence-electron chi connectivity index (χ4n) is 2.73. The summed E-state index contributed by atoms with van der Waals surface area (Å²) in [6, 6.07) is 6.71. The van der Waals surface area contributed by atoms with Gasteiger partial charge in [-0.3, -0.25) is 4.79 Å². The van der Waals surface area contributed by atoms with Gasteiger partial charge >= 0.3 is 11.6 Å². The summed E-state index contributed by atoms with van der Waals surface area (Å²) in [5.74, 6) is -0.543. The van der Waals surface area contributed by atoms with E-state index < -0.39 is 16.8 Å². The molecule has 2 aromatic rings. The first kappa shape index (κ1) is 19.4. The third kappa shape index (κ3) is 4.48. The van der Waals surface area contributed by atoms with Crippen LogP contribution in [0.15, 0.2) is 33.5 Å². The summed E-state index contributed by atoms with van der Waals surface area (Å²) in [7, 11) is 0. The maximum absolute atomic E-state index is 12.3. The molecule has 0 bridgehead atoms. The number of esters is 1. The molecule has 3 rings (SSSR count). The number of ether oxygens (including phenoxy) is 4. The topological polar surface area (TPSA) is 84.2 Å². The lowest BCUT2D eigenvalue weighted by molar-refractivity contribution is -0.281. The standard InChI is InChI=1S/C20H24O7/c1-13-9-17(21)27-16-10-14(5-6-15(13)16)23-7-8-24-18(22)20(4)11-25-19(2,3)26-12-20/h5-6,9-10H,7-8,11-12H2,1-4H3. The molecule has 1 aliphatic heterocycles. The quantitative estimate of drug-likeness (QED) is 0.451. The molecule has 1 fully saturated rings. The first-order chi connectivity index (χ1) is 12.7. The van der Waals surface area contributed by atoms with Crippen molar-refractivity contribution >= 4 is 16.9 Å².